The molecule has 0 bridgehead atoms. The quantitative estimate of drug-likeness (QED) is 0.724. The molecule has 1 heterocycles. The van der Waals surface area contributed by atoms with Gasteiger partial charge in [0.25, 0.3) is 0 Å². The highest BCUT2D eigenvalue weighted by atomic mass is 16.5. The van der Waals surface area contributed by atoms with Gasteiger partial charge in [0, 0.05) is 25.2 Å². The van der Waals surface area contributed by atoms with Crippen LogP contribution in [0.1, 0.15) is 46.0 Å². The Hall–Kier alpha value is -0.120. The van der Waals surface area contributed by atoms with E-state index in [1.54, 1.807) is 0 Å². The van der Waals surface area contributed by atoms with Gasteiger partial charge in [0.2, 0.25) is 0 Å². The van der Waals surface area contributed by atoms with E-state index in [4.69, 9.17) is 10.5 Å². The number of rotatable bonds is 7. The minimum Gasteiger partial charge on any atom is -0.377 e. The van der Waals surface area contributed by atoms with Gasteiger partial charge in [-0.25, -0.2) is 0 Å². The third kappa shape index (κ3) is 4.04. The summed E-state index contributed by atoms with van der Waals surface area (Å²) < 4.78 is 5.68. The van der Waals surface area contributed by atoms with E-state index >= 15 is 0 Å². The van der Waals surface area contributed by atoms with Gasteiger partial charge in [0.15, 0.2) is 0 Å². The number of likely N-dealkylation sites (N-methyl/N-ethyl adjacent to an activating group) is 1. The lowest BCUT2D eigenvalue weighted by Gasteiger charge is -2.33. The second-order valence-corrected chi connectivity index (χ2v) is 5.00. The molecule has 1 saturated heterocycles. The van der Waals surface area contributed by atoms with E-state index in [-0.39, 0.29) is 0 Å². The van der Waals surface area contributed by atoms with Crippen molar-refractivity contribution in [3.8, 4) is 0 Å². The summed E-state index contributed by atoms with van der Waals surface area (Å²) in [6.45, 7) is 6.41. The third-order valence-electron chi connectivity index (χ3n) is 3.62. The lowest BCUT2D eigenvalue weighted by atomic mass is 10.00. The molecule has 3 heteroatoms. The maximum atomic E-state index is 6.23. The number of hydrogen-bond donors (Lipinski definition) is 1. The molecule has 0 aromatic carbocycles. The van der Waals surface area contributed by atoms with Gasteiger partial charge < -0.3 is 10.5 Å². The minimum absolute atomic E-state index is 0.307. The lowest BCUT2D eigenvalue weighted by molar-refractivity contribution is 0.0619. The average molecular weight is 228 g/mol. The predicted octanol–water partition coefficient (Wildman–Crippen LogP) is 2.00. The van der Waals surface area contributed by atoms with Crippen molar-refractivity contribution in [2.45, 2.75) is 64.1 Å². The van der Waals surface area contributed by atoms with Crippen molar-refractivity contribution in [1.82, 2.24) is 4.90 Å². The summed E-state index contributed by atoms with van der Waals surface area (Å²) in [7, 11) is 2.19. The normalized spacial score (nSPS) is 24.9. The van der Waals surface area contributed by atoms with Gasteiger partial charge in [-0.2, -0.15) is 0 Å². The molecule has 1 rings (SSSR count). The Labute approximate surface area is 100 Å². The van der Waals surface area contributed by atoms with E-state index in [1.165, 1.54) is 19.3 Å². The number of nitrogens with two attached hydrogens (primary N) is 1. The predicted molar refractivity (Wildman–Crippen MR) is 68.6 cm³/mol. The zero-order valence-corrected chi connectivity index (χ0v) is 11.1. The van der Waals surface area contributed by atoms with Crippen LogP contribution in [0.5, 0.6) is 0 Å². The van der Waals surface area contributed by atoms with E-state index in [9.17, 15) is 0 Å². The Morgan fingerprint density at radius 2 is 2.19 bits per heavy atom. The summed E-state index contributed by atoms with van der Waals surface area (Å²) in [6.07, 6.45) is 6.29. The van der Waals surface area contributed by atoms with Crippen LogP contribution in [0.3, 0.4) is 0 Å². The van der Waals surface area contributed by atoms with Gasteiger partial charge in [0.05, 0.1) is 6.10 Å². The first-order valence-electron chi connectivity index (χ1n) is 6.76. The number of ether oxygens (including phenoxy) is 1. The Morgan fingerprint density at radius 3 is 2.69 bits per heavy atom. The van der Waals surface area contributed by atoms with E-state index in [0.29, 0.717) is 18.2 Å². The Kier molecular flexibility index (Phi) is 6.32. The first-order chi connectivity index (χ1) is 7.69. The van der Waals surface area contributed by atoms with Gasteiger partial charge in [-0.05, 0) is 32.7 Å². The molecule has 1 fully saturated rings. The van der Waals surface area contributed by atoms with Crippen molar-refractivity contribution >= 4 is 0 Å². The van der Waals surface area contributed by atoms with Crippen molar-refractivity contribution < 1.29 is 4.74 Å². The van der Waals surface area contributed by atoms with Crippen LogP contribution in [-0.2, 0) is 4.74 Å². The SMILES string of the molecule is CCCC(N)C(CC)N(C)CC1CCCO1. The van der Waals surface area contributed by atoms with E-state index in [2.05, 4.69) is 25.8 Å². The second-order valence-electron chi connectivity index (χ2n) is 5.00. The van der Waals surface area contributed by atoms with Crippen molar-refractivity contribution in [2.75, 3.05) is 20.2 Å². The molecule has 0 aliphatic carbocycles. The zero-order chi connectivity index (χ0) is 12.0. The van der Waals surface area contributed by atoms with Crippen LogP contribution in [0.2, 0.25) is 0 Å². The van der Waals surface area contributed by atoms with Crippen molar-refractivity contribution in [2.24, 2.45) is 5.73 Å². The molecular weight excluding hydrogens is 200 g/mol. The molecule has 3 unspecified atom stereocenters. The average Bonchev–Trinajstić information content (AvgIpc) is 2.71. The Morgan fingerprint density at radius 1 is 1.44 bits per heavy atom. The summed E-state index contributed by atoms with van der Waals surface area (Å²) >= 11 is 0. The summed E-state index contributed by atoms with van der Waals surface area (Å²) in [5.74, 6) is 0. The Balaban J connectivity index is 2.37. The van der Waals surface area contributed by atoms with Crippen molar-refractivity contribution in [3.05, 3.63) is 0 Å². The lowest BCUT2D eigenvalue weighted by Crippen LogP contribution is -2.47. The first kappa shape index (κ1) is 13.9. The molecule has 0 amide bonds. The summed E-state index contributed by atoms with van der Waals surface area (Å²) in [5, 5.41) is 0. The molecule has 0 saturated carbocycles. The van der Waals surface area contributed by atoms with E-state index in [1.807, 2.05) is 0 Å². The molecule has 3 atom stereocenters. The molecule has 96 valence electrons. The van der Waals surface area contributed by atoms with Crippen LogP contribution in [0.4, 0.5) is 0 Å². The molecule has 0 radical (unpaired) electrons. The fraction of sp³-hybridized carbons (Fsp3) is 1.00. The second kappa shape index (κ2) is 7.25. The van der Waals surface area contributed by atoms with Gasteiger partial charge in [0.1, 0.15) is 0 Å². The molecule has 16 heavy (non-hydrogen) atoms. The first-order valence-corrected chi connectivity index (χ1v) is 6.76. The van der Waals surface area contributed by atoms with Crippen molar-refractivity contribution in [1.29, 1.82) is 0 Å². The van der Waals surface area contributed by atoms with Crippen LogP contribution in [0, 0.1) is 0 Å². The molecular formula is C13H28N2O. The van der Waals surface area contributed by atoms with Gasteiger partial charge in [-0.3, -0.25) is 4.90 Å². The molecule has 1 aliphatic rings. The third-order valence-corrected chi connectivity index (χ3v) is 3.62. The number of nitrogens with zero attached hydrogens (tertiary/aromatic N) is 1. The monoisotopic (exact) mass is 228 g/mol. The van der Waals surface area contributed by atoms with Crippen LogP contribution >= 0.6 is 0 Å². The molecule has 1 aliphatic heterocycles. The summed E-state index contributed by atoms with van der Waals surface area (Å²) in [6, 6.07) is 0.811. The maximum absolute atomic E-state index is 6.23. The highest BCUT2D eigenvalue weighted by Gasteiger charge is 2.24. The highest BCUT2D eigenvalue weighted by molar-refractivity contribution is 4.81. The largest absolute Gasteiger partial charge is 0.377 e. The van der Waals surface area contributed by atoms with E-state index in [0.717, 1.165) is 26.0 Å². The summed E-state index contributed by atoms with van der Waals surface area (Å²) in [5.41, 5.74) is 6.23. The summed E-state index contributed by atoms with van der Waals surface area (Å²) in [4.78, 5) is 2.40. The smallest absolute Gasteiger partial charge is 0.0702 e. The van der Waals surface area contributed by atoms with Crippen LogP contribution in [0.15, 0.2) is 0 Å². The molecule has 2 N–H and O–H groups in total. The molecule has 0 aromatic rings. The minimum atomic E-state index is 0.307. The van der Waals surface area contributed by atoms with Gasteiger partial charge in [-0.15, -0.1) is 0 Å². The van der Waals surface area contributed by atoms with Crippen LogP contribution < -0.4 is 5.73 Å². The fourth-order valence-electron chi connectivity index (χ4n) is 2.71. The van der Waals surface area contributed by atoms with E-state index < -0.39 is 0 Å². The molecule has 0 aromatic heterocycles. The Bertz CT molecular complexity index is 181. The standard InChI is InChI=1S/C13H28N2O/c1-4-7-12(14)13(5-2)15(3)10-11-8-6-9-16-11/h11-13H,4-10,14H2,1-3H3. The van der Waals surface area contributed by atoms with Crippen LogP contribution in [-0.4, -0.2) is 43.3 Å². The highest BCUT2D eigenvalue weighted by Crippen LogP contribution is 2.16. The molecule has 3 nitrogen and oxygen atoms in total. The zero-order valence-electron chi connectivity index (χ0n) is 11.1. The number of hydrogen-bond acceptors (Lipinski definition) is 3. The fourth-order valence-corrected chi connectivity index (χ4v) is 2.71. The maximum Gasteiger partial charge on any atom is 0.0702 e. The van der Waals surface area contributed by atoms with Gasteiger partial charge in [-0.1, -0.05) is 20.3 Å². The molecule has 0 spiro atoms. The van der Waals surface area contributed by atoms with Gasteiger partial charge >= 0.3 is 0 Å². The van der Waals surface area contributed by atoms with Crippen molar-refractivity contribution in [3.63, 3.8) is 0 Å². The van der Waals surface area contributed by atoms with Crippen LogP contribution in [0.25, 0.3) is 0 Å². The topological polar surface area (TPSA) is 38.5 Å².